The largest absolute Gasteiger partial charge is 0.462 e. The molecule has 28 heavy (non-hydrogen) atoms. The van der Waals surface area contributed by atoms with Gasteiger partial charge in [0.05, 0.1) is 0 Å². The number of ether oxygens (including phenoxy) is 2. The molecule has 13 heteroatoms. The van der Waals surface area contributed by atoms with E-state index in [2.05, 4.69) is 4.98 Å². The van der Waals surface area contributed by atoms with Crippen LogP contribution in [0.5, 0.6) is 0 Å². The van der Waals surface area contributed by atoms with Crippen LogP contribution >= 0.6 is 0 Å². The Hall–Kier alpha value is -2.03. The maximum absolute atomic E-state index is 12.1. The van der Waals surface area contributed by atoms with Crippen molar-refractivity contribution < 1.29 is 29.7 Å². The van der Waals surface area contributed by atoms with Gasteiger partial charge in [-0.2, -0.15) is 4.98 Å². The van der Waals surface area contributed by atoms with Gasteiger partial charge in [-0.3, -0.25) is 20.0 Å². The average molecular weight is 399 g/mol. The normalized spacial score (nSPS) is 28.1. The summed E-state index contributed by atoms with van der Waals surface area (Å²) in [7, 11) is 1.39. The minimum Gasteiger partial charge on any atom is -0.462 e. The second-order valence-corrected chi connectivity index (χ2v) is 6.74. The number of unbranched alkanes of at least 4 members (excludes halogenated alkanes) is 1. The zero-order valence-corrected chi connectivity index (χ0v) is 15.5. The number of hydrogen-bond acceptors (Lipinski definition) is 11. The number of nitrogens with one attached hydrogen (secondary N) is 1. The summed E-state index contributed by atoms with van der Waals surface area (Å²) in [6.07, 6.45) is -0.926. The van der Waals surface area contributed by atoms with Crippen molar-refractivity contribution in [2.45, 2.75) is 49.2 Å². The van der Waals surface area contributed by atoms with Gasteiger partial charge < -0.3 is 31.2 Å². The van der Waals surface area contributed by atoms with Crippen molar-refractivity contribution in [3.63, 3.8) is 0 Å². The molecule has 2 rings (SSSR count). The quantitative estimate of drug-likeness (QED) is 0.104. The van der Waals surface area contributed by atoms with Gasteiger partial charge in [0, 0.05) is 6.20 Å². The van der Waals surface area contributed by atoms with Gasteiger partial charge in [0.1, 0.15) is 36.6 Å². The minimum absolute atomic E-state index is 0.0908. The number of carbonyl (C=O) groups is 1. The highest BCUT2D eigenvalue weighted by Crippen LogP contribution is 2.32. The number of anilines is 1. The molecule has 5 atom stereocenters. The molecule has 1 aromatic heterocycles. The lowest BCUT2D eigenvalue weighted by molar-refractivity contribution is -0.153. The van der Waals surface area contributed by atoms with Crippen molar-refractivity contribution in [3.05, 3.63) is 22.7 Å². The van der Waals surface area contributed by atoms with Gasteiger partial charge in [-0.05, 0) is 25.5 Å². The Kier molecular flexibility index (Phi) is 7.52. The van der Waals surface area contributed by atoms with Crippen LogP contribution in [0.1, 0.15) is 19.3 Å². The highest BCUT2D eigenvalue weighted by atomic mass is 16.6. The molecule has 8 N–H and O–H groups in total. The SMILES string of the molecule is B[C@@]1(n2ccc(NO)nc2=O)O[C@H](COC(=O)[C@H](N)CCCCN)[C@@H](O)[C@H]1O. The molecule has 12 nitrogen and oxygen atoms in total. The molecule has 0 bridgehead atoms. The predicted octanol–water partition coefficient (Wildman–Crippen LogP) is -3.59. The smallest absolute Gasteiger partial charge is 0.351 e. The third-order valence-electron chi connectivity index (χ3n) is 4.70. The van der Waals surface area contributed by atoms with Crippen molar-refractivity contribution in [2.24, 2.45) is 11.5 Å². The third kappa shape index (κ3) is 4.68. The Bertz CT molecular complexity index is 735. The Balaban J connectivity index is 2.03. The molecular formula is C15H26BN5O7. The van der Waals surface area contributed by atoms with Crippen molar-refractivity contribution in [1.29, 1.82) is 0 Å². The summed E-state index contributed by atoms with van der Waals surface area (Å²) < 4.78 is 11.7. The summed E-state index contributed by atoms with van der Waals surface area (Å²) in [5, 5.41) is 29.5. The number of aliphatic hydroxyl groups excluding tert-OH is 2. The third-order valence-corrected chi connectivity index (χ3v) is 4.70. The van der Waals surface area contributed by atoms with E-state index in [0.29, 0.717) is 19.4 Å². The van der Waals surface area contributed by atoms with E-state index < -0.39 is 41.6 Å². The van der Waals surface area contributed by atoms with E-state index in [1.807, 2.05) is 0 Å². The Labute approximate surface area is 161 Å². The van der Waals surface area contributed by atoms with Crippen LogP contribution in [0, 0.1) is 0 Å². The van der Waals surface area contributed by atoms with Crippen LogP contribution in [0.15, 0.2) is 17.1 Å². The molecule has 0 aliphatic carbocycles. The monoisotopic (exact) mass is 399 g/mol. The lowest BCUT2D eigenvalue weighted by Gasteiger charge is -2.30. The van der Waals surface area contributed by atoms with E-state index in [4.69, 9.17) is 26.1 Å². The summed E-state index contributed by atoms with van der Waals surface area (Å²) in [4.78, 5) is 27.7. The zero-order chi connectivity index (χ0) is 20.9. The molecule has 1 aliphatic heterocycles. The second-order valence-electron chi connectivity index (χ2n) is 6.74. The van der Waals surface area contributed by atoms with Gasteiger partial charge in [0.15, 0.2) is 13.7 Å². The van der Waals surface area contributed by atoms with Crippen LogP contribution in [0.2, 0.25) is 0 Å². The molecule has 0 amide bonds. The van der Waals surface area contributed by atoms with Crippen LogP contribution in [-0.2, 0) is 19.9 Å². The summed E-state index contributed by atoms with van der Waals surface area (Å²) in [6, 6.07) is 0.453. The number of esters is 1. The van der Waals surface area contributed by atoms with Crippen LogP contribution < -0.4 is 22.6 Å². The van der Waals surface area contributed by atoms with E-state index in [1.165, 1.54) is 20.1 Å². The summed E-state index contributed by atoms with van der Waals surface area (Å²) in [5.74, 6) is -0.750. The van der Waals surface area contributed by atoms with E-state index in [9.17, 15) is 19.8 Å². The molecule has 1 aliphatic rings. The standard InChI is InChI=1S/C15H26BN5O7/c16-15(21-6-4-10(20-26)19-14(21)25)12(23)11(22)9(28-15)7-27-13(24)8(18)3-1-2-5-17/h4,6,8-9,11-12,22-23,26H,1-3,5,7,16-18H2,(H,19,20,25)/t8-,9-,11-,12-,15+/m1/s1. The van der Waals surface area contributed by atoms with Crippen molar-refractivity contribution in [3.8, 4) is 0 Å². The van der Waals surface area contributed by atoms with Crippen molar-refractivity contribution in [1.82, 2.24) is 9.55 Å². The molecule has 2 heterocycles. The van der Waals surface area contributed by atoms with Gasteiger partial charge in [0.25, 0.3) is 0 Å². The lowest BCUT2D eigenvalue weighted by atomic mass is 9.84. The molecule has 156 valence electrons. The Morgan fingerprint density at radius 2 is 2.21 bits per heavy atom. The molecular weight excluding hydrogens is 373 g/mol. The summed E-state index contributed by atoms with van der Waals surface area (Å²) in [6.45, 7) is 0.152. The Morgan fingerprint density at radius 3 is 2.82 bits per heavy atom. The van der Waals surface area contributed by atoms with Gasteiger partial charge in [0.2, 0.25) is 0 Å². The number of nitrogens with zero attached hydrogens (tertiary/aromatic N) is 2. The van der Waals surface area contributed by atoms with Crippen LogP contribution in [0.25, 0.3) is 0 Å². The van der Waals surface area contributed by atoms with E-state index in [-0.39, 0.29) is 12.4 Å². The fourth-order valence-electron chi connectivity index (χ4n) is 3.00. The van der Waals surface area contributed by atoms with E-state index in [1.54, 1.807) is 5.48 Å². The van der Waals surface area contributed by atoms with Crippen LogP contribution in [0.3, 0.4) is 0 Å². The lowest BCUT2D eigenvalue weighted by Crippen LogP contribution is -2.51. The highest BCUT2D eigenvalue weighted by Gasteiger charge is 2.53. The zero-order valence-electron chi connectivity index (χ0n) is 15.5. The maximum Gasteiger partial charge on any atom is 0.351 e. The van der Waals surface area contributed by atoms with E-state index in [0.717, 1.165) is 11.0 Å². The molecule has 1 aromatic rings. The molecule has 0 aromatic carbocycles. The topological polar surface area (TPSA) is 195 Å². The first-order valence-corrected chi connectivity index (χ1v) is 8.91. The van der Waals surface area contributed by atoms with Crippen LogP contribution in [-0.4, -0.2) is 76.3 Å². The maximum atomic E-state index is 12.1. The van der Waals surface area contributed by atoms with Gasteiger partial charge in [-0.1, -0.05) is 6.42 Å². The first-order valence-electron chi connectivity index (χ1n) is 8.91. The number of nitrogens with two attached hydrogens (primary N) is 2. The molecule has 0 unspecified atom stereocenters. The average Bonchev–Trinajstić information content (AvgIpc) is 2.90. The first-order chi connectivity index (χ1) is 13.2. The number of hydrogen-bond donors (Lipinski definition) is 6. The fraction of sp³-hybridized carbons (Fsp3) is 0.667. The summed E-state index contributed by atoms with van der Waals surface area (Å²) >= 11 is 0. The fourth-order valence-corrected chi connectivity index (χ4v) is 3.00. The predicted molar refractivity (Wildman–Crippen MR) is 99.2 cm³/mol. The first kappa shape index (κ1) is 22.3. The number of aliphatic hydroxyl groups is 2. The molecule has 1 fully saturated rings. The number of aromatic nitrogens is 2. The minimum atomic E-state index is -1.65. The number of carbonyl (C=O) groups excluding carboxylic acids is 1. The van der Waals surface area contributed by atoms with Gasteiger partial charge >= 0.3 is 11.7 Å². The number of rotatable bonds is 9. The van der Waals surface area contributed by atoms with Crippen molar-refractivity contribution >= 4 is 19.6 Å². The molecule has 0 saturated carbocycles. The van der Waals surface area contributed by atoms with Crippen molar-refractivity contribution in [2.75, 3.05) is 18.6 Å². The van der Waals surface area contributed by atoms with Gasteiger partial charge in [-0.25, -0.2) is 4.79 Å². The highest BCUT2D eigenvalue weighted by molar-refractivity contribution is 6.13. The Morgan fingerprint density at radius 1 is 1.50 bits per heavy atom. The molecule has 0 radical (unpaired) electrons. The van der Waals surface area contributed by atoms with Gasteiger partial charge in [-0.15, -0.1) is 0 Å². The van der Waals surface area contributed by atoms with E-state index >= 15 is 0 Å². The molecule has 0 spiro atoms. The summed E-state index contributed by atoms with van der Waals surface area (Å²) in [5.41, 5.74) is 10.4. The second kappa shape index (κ2) is 9.45. The molecule has 1 saturated heterocycles. The van der Waals surface area contributed by atoms with Crippen LogP contribution in [0.4, 0.5) is 5.82 Å².